The minimum atomic E-state index is -0.111. The Hall–Kier alpha value is -0.910. The lowest BCUT2D eigenvalue weighted by molar-refractivity contribution is -0.130. The Morgan fingerprint density at radius 1 is 1.47 bits per heavy atom. The normalized spacial score (nSPS) is 23.3. The van der Waals surface area contributed by atoms with Crippen molar-refractivity contribution >= 4 is 17.2 Å². The lowest BCUT2D eigenvalue weighted by Crippen LogP contribution is -2.33. The van der Waals surface area contributed by atoms with Crippen molar-refractivity contribution in [1.29, 1.82) is 0 Å². The smallest absolute Gasteiger partial charge is 0.241 e. The molecule has 0 spiro atoms. The first-order chi connectivity index (χ1) is 9.24. The number of amides is 1. The fourth-order valence-corrected chi connectivity index (χ4v) is 2.91. The van der Waals surface area contributed by atoms with Crippen LogP contribution in [0.4, 0.5) is 0 Å². The summed E-state index contributed by atoms with van der Waals surface area (Å²) >= 11 is 1.66. The molecular formula is C14H22N2O2S. The van der Waals surface area contributed by atoms with E-state index in [9.17, 15) is 4.79 Å². The maximum atomic E-state index is 12.1. The molecule has 4 nitrogen and oxygen atoms in total. The van der Waals surface area contributed by atoms with Gasteiger partial charge in [0.1, 0.15) is 6.17 Å². The van der Waals surface area contributed by atoms with Gasteiger partial charge in [0.15, 0.2) is 0 Å². The Kier molecular flexibility index (Phi) is 5.36. The summed E-state index contributed by atoms with van der Waals surface area (Å²) < 4.78 is 5.57. The van der Waals surface area contributed by atoms with Crippen LogP contribution in [0.2, 0.25) is 0 Å². The summed E-state index contributed by atoms with van der Waals surface area (Å²) in [6.45, 7) is 6.11. The van der Waals surface area contributed by atoms with E-state index in [0.717, 1.165) is 25.0 Å². The molecule has 2 rings (SSSR count). The molecule has 1 fully saturated rings. The molecule has 1 N–H and O–H groups in total. The lowest BCUT2D eigenvalue weighted by Gasteiger charge is -2.23. The Morgan fingerprint density at radius 2 is 2.32 bits per heavy atom. The molecule has 2 atom stereocenters. The van der Waals surface area contributed by atoms with Crippen LogP contribution in [0.25, 0.3) is 0 Å². The molecule has 2 heterocycles. The third kappa shape index (κ3) is 3.55. The molecule has 0 aromatic carbocycles. The van der Waals surface area contributed by atoms with Gasteiger partial charge in [-0.05, 0) is 35.7 Å². The molecule has 0 radical (unpaired) electrons. The lowest BCUT2D eigenvalue weighted by atomic mass is 10.2. The van der Waals surface area contributed by atoms with Gasteiger partial charge in [-0.25, -0.2) is 0 Å². The number of carbonyl (C=O) groups is 1. The van der Waals surface area contributed by atoms with Crippen LogP contribution in [0.5, 0.6) is 0 Å². The molecule has 1 amide bonds. The van der Waals surface area contributed by atoms with Crippen molar-refractivity contribution < 1.29 is 9.53 Å². The zero-order valence-electron chi connectivity index (χ0n) is 11.6. The van der Waals surface area contributed by atoms with Gasteiger partial charge in [0.25, 0.3) is 0 Å². The highest BCUT2D eigenvalue weighted by Gasteiger charge is 2.36. The number of unbranched alkanes of at least 4 members (excludes halogenated alkanes) is 1. The van der Waals surface area contributed by atoms with Crippen molar-refractivity contribution in [3.05, 3.63) is 22.4 Å². The van der Waals surface area contributed by atoms with Crippen molar-refractivity contribution in [2.24, 2.45) is 0 Å². The first kappa shape index (κ1) is 14.5. The SMILES string of the molecule is CCCCOCCN1C(=O)C(C)NC1c1ccsc1. The van der Waals surface area contributed by atoms with Crippen LogP contribution >= 0.6 is 11.3 Å². The molecule has 1 aliphatic heterocycles. The van der Waals surface area contributed by atoms with Crippen molar-refractivity contribution in [3.63, 3.8) is 0 Å². The molecule has 1 aliphatic rings. The first-order valence-corrected chi connectivity index (χ1v) is 7.84. The van der Waals surface area contributed by atoms with Gasteiger partial charge in [-0.3, -0.25) is 10.1 Å². The molecule has 106 valence electrons. The predicted molar refractivity (Wildman–Crippen MR) is 77.1 cm³/mol. The number of rotatable bonds is 7. The van der Waals surface area contributed by atoms with Gasteiger partial charge < -0.3 is 9.64 Å². The zero-order valence-corrected chi connectivity index (χ0v) is 12.4. The van der Waals surface area contributed by atoms with Crippen LogP contribution in [-0.2, 0) is 9.53 Å². The number of thiophene rings is 1. The highest BCUT2D eigenvalue weighted by Crippen LogP contribution is 2.26. The minimum absolute atomic E-state index is 0.00326. The maximum absolute atomic E-state index is 12.1. The summed E-state index contributed by atoms with van der Waals surface area (Å²) in [5, 5.41) is 7.47. The molecule has 1 aromatic heterocycles. The van der Waals surface area contributed by atoms with E-state index in [1.54, 1.807) is 11.3 Å². The molecule has 0 saturated carbocycles. The van der Waals surface area contributed by atoms with Crippen molar-refractivity contribution in [3.8, 4) is 0 Å². The van der Waals surface area contributed by atoms with E-state index < -0.39 is 0 Å². The highest BCUT2D eigenvalue weighted by atomic mass is 32.1. The zero-order chi connectivity index (χ0) is 13.7. The van der Waals surface area contributed by atoms with E-state index in [4.69, 9.17) is 4.74 Å². The average molecular weight is 282 g/mol. The van der Waals surface area contributed by atoms with Gasteiger partial charge in [0.2, 0.25) is 5.91 Å². The number of carbonyl (C=O) groups excluding carboxylic acids is 1. The van der Waals surface area contributed by atoms with Gasteiger partial charge in [-0.2, -0.15) is 11.3 Å². The Balaban J connectivity index is 1.89. The summed E-state index contributed by atoms with van der Waals surface area (Å²) in [6, 6.07) is 1.96. The number of hydrogen-bond donors (Lipinski definition) is 1. The molecule has 1 saturated heterocycles. The molecule has 2 unspecified atom stereocenters. The number of ether oxygens (including phenoxy) is 1. The third-order valence-corrected chi connectivity index (χ3v) is 4.05. The number of nitrogens with zero attached hydrogens (tertiary/aromatic N) is 1. The maximum Gasteiger partial charge on any atom is 0.241 e. The van der Waals surface area contributed by atoms with Crippen LogP contribution in [0, 0.1) is 0 Å². The molecule has 19 heavy (non-hydrogen) atoms. The third-order valence-electron chi connectivity index (χ3n) is 3.35. The number of nitrogens with one attached hydrogen (secondary N) is 1. The van der Waals surface area contributed by atoms with Gasteiger partial charge in [0.05, 0.1) is 12.6 Å². The largest absolute Gasteiger partial charge is 0.380 e. The van der Waals surface area contributed by atoms with Crippen LogP contribution in [0.3, 0.4) is 0 Å². The molecule has 0 bridgehead atoms. The van der Waals surface area contributed by atoms with Gasteiger partial charge >= 0.3 is 0 Å². The Labute approximate surface area is 118 Å². The van der Waals surface area contributed by atoms with Crippen LogP contribution < -0.4 is 5.32 Å². The van der Waals surface area contributed by atoms with Crippen molar-refractivity contribution in [2.75, 3.05) is 19.8 Å². The second-order valence-corrected chi connectivity index (χ2v) is 5.63. The predicted octanol–water partition coefficient (Wildman–Crippen LogP) is 2.38. The van der Waals surface area contributed by atoms with Crippen molar-refractivity contribution in [2.45, 2.75) is 38.9 Å². The molecule has 0 aliphatic carbocycles. The molecule has 5 heteroatoms. The Morgan fingerprint density at radius 3 is 3.00 bits per heavy atom. The van der Waals surface area contributed by atoms with Crippen LogP contribution in [0.1, 0.15) is 38.4 Å². The van der Waals surface area contributed by atoms with E-state index in [-0.39, 0.29) is 18.1 Å². The van der Waals surface area contributed by atoms with E-state index in [0.29, 0.717) is 13.2 Å². The second kappa shape index (κ2) is 7.03. The standard InChI is InChI=1S/C14H22N2O2S/c1-3-4-7-18-8-6-16-13(12-5-9-19-10-12)15-11(2)14(16)17/h5,9-11,13,15H,3-4,6-8H2,1-2H3. The average Bonchev–Trinajstić information content (AvgIpc) is 3.01. The van der Waals surface area contributed by atoms with Gasteiger partial charge in [-0.15, -0.1) is 0 Å². The quantitative estimate of drug-likeness (QED) is 0.781. The summed E-state index contributed by atoms with van der Waals surface area (Å²) in [4.78, 5) is 14.0. The summed E-state index contributed by atoms with van der Waals surface area (Å²) in [6.07, 6.45) is 2.22. The number of hydrogen-bond acceptors (Lipinski definition) is 4. The Bertz CT molecular complexity index is 394. The summed E-state index contributed by atoms with van der Waals surface area (Å²) in [5.41, 5.74) is 1.16. The van der Waals surface area contributed by atoms with Gasteiger partial charge in [0, 0.05) is 13.2 Å². The van der Waals surface area contributed by atoms with E-state index in [1.165, 1.54) is 0 Å². The van der Waals surface area contributed by atoms with Crippen LogP contribution in [-0.4, -0.2) is 36.6 Å². The summed E-state index contributed by atoms with van der Waals surface area (Å²) in [5.74, 6) is 0.162. The topological polar surface area (TPSA) is 41.6 Å². The highest BCUT2D eigenvalue weighted by molar-refractivity contribution is 7.07. The molecular weight excluding hydrogens is 260 g/mol. The monoisotopic (exact) mass is 282 g/mol. The van der Waals surface area contributed by atoms with E-state index >= 15 is 0 Å². The summed E-state index contributed by atoms with van der Waals surface area (Å²) in [7, 11) is 0. The van der Waals surface area contributed by atoms with Crippen LogP contribution in [0.15, 0.2) is 16.8 Å². The van der Waals surface area contributed by atoms with Gasteiger partial charge in [-0.1, -0.05) is 13.3 Å². The minimum Gasteiger partial charge on any atom is -0.380 e. The molecule has 1 aromatic rings. The van der Waals surface area contributed by atoms with Crippen molar-refractivity contribution in [1.82, 2.24) is 10.2 Å². The fraction of sp³-hybridized carbons (Fsp3) is 0.643. The van der Waals surface area contributed by atoms with E-state index in [2.05, 4.69) is 23.7 Å². The first-order valence-electron chi connectivity index (χ1n) is 6.90. The fourth-order valence-electron chi connectivity index (χ4n) is 2.23. The second-order valence-electron chi connectivity index (χ2n) is 4.85. The van der Waals surface area contributed by atoms with E-state index in [1.807, 2.05) is 17.2 Å².